The van der Waals surface area contributed by atoms with Crippen LogP contribution in [-0.4, -0.2) is 21.5 Å². The van der Waals surface area contributed by atoms with E-state index in [1.54, 1.807) is 17.1 Å². The Hall–Kier alpha value is -2.14. The Bertz CT molecular complexity index is 589. The van der Waals surface area contributed by atoms with Gasteiger partial charge in [0.1, 0.15) is 5.69 Å². The average Bonchev–Trinajstić information content (AvgIpc) is 2.84. The lowest BCUT2D eigenvalue weighted by molar-refractivity contribution is 0.102. The van der Waals surface area contributed by atoms with Crippen LogP contribution in [0.1, 0.15) is 29.9 Å². The number of rotatable bonds is 5. The smallest absolute Gasteiger partial charge is 0.275 e. The van der Waals surface area contributed by atoms with Crippen LogP contribution in [0.25, 0.3) is 0 Å². The number of nitrogens with one attached hydrogen (secondary N) is 2. The van der Waals surface area contributed by atoms with Crippen LogP contribution in [-0.2, 0) is 13.6 Å². The Labute approximate surface area is 119 Å². The Kier molecular flexibility index (Phi) is 4.53. The quantitative estimate of drug-likeness (QED) is 0.877. The van der Waals surface area contributed by atoms with Gasteiger partial charge >= 0.3 is 0 Å². The minimum atomic E-state index is -0.195. The second-order valence-corrected chi connectivity index (χ2v) is 5.11. The van der Waals surface area contributed by atoms with E-state index in [0.717, 1.165) is 17.8 Å². The molecule has 1 aromatic heterocycles. The summed E-state index contributed by atoms with van der Waals surface area (Å²) in [6.45, 7) is 4.99. The maximum absolute atomic E-state index is 12.0. The van der Waals surface area contributed by atoms with Crippen LogP contribution in [0.5, 0.6) is 0 Å². The summed E-state index contributed by atoms with van der Waals surface area (Å²) >= 11 is 0. The highest BCUT2D eigenvalue weighted by atomic mass is 16.1. The summed E-state index contributed by atoms with van der Waals surface area (Å²) in [6.07, 6.45) is 3.30. The minimum absolute atomic E-state index is 0.195. The monoisotopic (exact) mass is 272 g/mol. The van der Waals surface area contributed by atoms with Crippen LogP contribution >= 0.6 is 0 Å². The molecule has 0 aliphatic rings. The molecule has 0 atom stereocenters. The fourth-order valence-electron chi connectivity index (χ4n) is 1.81. The number of aromatic nitrogens is 2. The Balaban J connectivity index is 2.02. The molecule has 0 aliphatic heterocycles. The van der Waals surface area contributed by atoms with Crippen LogP contribution in [0.15, 0.2) is 36.8 Å². The third kappa shape index (κ3) is 3.93. The van der Waals surface area contributed by atoms with Crippen molar-refractivity contribution in [1.29, 1.82) is 0 Å². The molecule has 0 unspecified atom stereocenters. The number of anilines is 1. The first-order valence-electron chi connectivity index (χ1n) is 6.66. The zero-order valence-corrected chi connectivity index (χ0v) is 12.1. The van der Waals surface area contributed by atoms with E-state index in [2.05, 4.69) is 29.5 Å². The van der Waals surface area contributed by atoms with Crippen molar-refractivity contribution >= 4 is 11.6 Å². The molecule has 20 heavy (non-hydrogen) atoms. The highest BCUT2D eigenvalue weighted by Crippen LogP contribution is 2.12. The van der Waals surface area contributed by atoms with Crippen molar-refractivity contribution in [3.8, 4) is 0 Å². The second kappa shape index (κ2) is 6.34. The van der Waals surface area contributed by atoms with Gasteiger partial charge in [0.05, 0.1) is 6.33 Å². The van der Waals surface area contributed by atoms with Crippen molar-refractivity contribution in [2.45, 2.75) is 26.4 Å². The first-order chi connectivity index (χ1) is 9.54. The van der Waals surface area contributed by atoms with Crippen molar-refractivity contribution in [3.05, 3.63) is 48.0 Å². The molecule has 2 rings (SSSR count). The number of carbonyl (C=O) groups is 1. The van der Waals surface area contributed by atoms with Gasteiger partial charge in [0.15, 0.2) is 0 Å². The van der Waals surface area contributed by atoms with E-state index in [4.69, 9.17) is 0 Å². The van der Waals surface area contributed by atoms with E-state index in [9.17, 15) is 4.79 Å². The lowest BCUT2D eigenvalue weighted by Gasteiger charge is -2.10. The van der Waals surface area contributed by atoms with Gasteiger partial charge in [-0.25, -0.2) is 4.98 Å². The number of amides is 1. The Morgan fingerprint density at radius 2 is 2.20 bits per heavy atom. The van der Waals surface area contributed by atoms with E-state index in [0.29, 0.717) is 11.7 Å². The largest absolute Gasteiger partial charge is 0.340 e. The molecule has 0 fully saturated rings. The molecule has 0 aliphatic carbocycles. The number of aryl methyl sites for hydroxylation is 1. The van der Waals surface area contributed by atoms with Crippen molar-refractivity contribution in [2.75, 3.05) is 5.32 Å². The average molecular weight is 272 g/mol. The molecule has 5 nitrogen and oxygen atoms in total. The number of hydrogen-bond donors (Lipinski definition) is 2. The Morgan fingerprint density at radius 1 is 1.40 bits per heavy atom. The molecule has 1 amide bonds. The summed E-state index contributed by atoms with van der Waals surface area (Å²) < 4.78 is 1.75. The number of nitrogens with zero attached hydrogens (tertiary/aromatic N) is 2. The van der Waals surface area contributed by atoms with Gasteiger partial charge in [-0.2, -0.15) is 0 Å². The first-order valence-corrected chi connectivity index (χ1v) is 6.66. The third-order valence-electron chi connectivity index (χ3n) is 2.84. The zero-order valence-electron chi connectivity index (χ0n) is 12.1. The highest BCUT2D eigenvalue weighted by Gasteiger charge is 2.09. The fourth-order valence-corrected chi connectivity index (χ4v) is 1.81. The minimum Gasteiger partial charge on any atom is -0.340 e. The molecule has 0 saturated heterocycles. The van der Waals surface area contributed by atoms with Crippen molar-refractivity contribution < 1.29 is 4.79 Å². The Morgan fingerprint density at radius 3 is 2.85 bits per heavy atom. The number of imidazole rings is 1. The molecular formula is C15H20N4O. The number of hydrogen-bond acceptors (Lipinski definition) is 3. The third-order valence-corrected chi connectivity index (χ3v) is 2.84. The molecule has 5 heteroatoms. The SMILES string of the molecule is CC(C)NCc1cccc(NC(=O)c2cn(C)cn2)c1. The lowest BCUT2D eigenvalue weighted by atomic mass is 10.2. The van der Waals surface area contributed by atoms with Gasteiger partial charge < -0.3 is 15.2 Å². The van der Waals surface area contributed by atoms with Crippen molar-refractivity contribution in [2.24, 2.45) is 7.05 Å². The summed E-state index contributed by atoms with van der Waals surface area (Å²) in [5, 5.41) is 6.21. The molecule has 0 bridgehead atoms. The number of benzene rings is 1. The van der Waals surface area contributed by atoms with E-state index < -0.39 is 0 Å². The summed E-state index contributed by atoms with van der Waals surface area (Å²) in [7, 11) is 1.84. The summed E-state index contributed by atoms with van der Waals surface area (Å²) in [5.41, 5.74) is 2.33. The van der Waals surface area contributed by atoms with E-state index in [-0.39, 0.29) is 5.91 Å². The van der Waals surface area contributed by atoms with Gasteiger partial charge in [0.2, 0.25) is 0 Å². The van der Waals surface area contributed by atoms with Gasteiger partial charge in [0.25, 0.3) is 5.91 Å². The van der Waals surface area contributed by atoms with Crippen LogP contribution in [0.3, 0.4) is 0 Å². The van der Waals surface area contributed by atoms with Crippen LogP contribution in [0.2, 0.25) is 0 Å². The molecule has 1 heterocycles. The van der Waals surface area contributed by atoms with Gasteiger partial charge in [-0.1, -0.05) is 26.0 Å². The second-order valence-electron chi connectivity index (χ2n) is 5.11. The summed E-state index contributed by atoms with van der Waals surface area (Å²) in [6, 6.07) is 8.24. The van der Waals surface area contributed by atoms with Gasteiger partial charge in [-0.3, -0.25) is 4.79 Å². The van der Waals surface area contributed by atoms with Gasteiger partial charge in [-0.15, -0.1) is 0 Å². The highest BCUT2D eigenvalue weighted by molar-refractivity contribution is 6.02. The maximum atomic E-state index is 12.0. The molecular weight excluding hydrogens is 252 g/mol. The molecule has 2 N–H and O–H groups in total. The predicted octanol–water partition coefficient (Wildman–Crippen LogP) is 2.17. The van der Waals surface area contributed by atoms with E-state index >= 15 is 0 Å². The summed E-state index contributed by atoms with van der Waals surface area (Å²) in [4.78, 5) is 16.0. The normalized spacial score (nSPS) is 10.8. The first kappa shape index (κ1) is 14.3. The fraction of sp³-hybridized carbons (Fsp3) is 0.333. The topological polar surface area (TPSA) is 58.9 Å². The number of carbonyl (C=O) groups excluding carboxylic acids is 1. The molecule has 1 aromatic carbocycles. The summed E-state index contributed by atoms with van der Waals surface area (Å²) in [5.74, 6) is -0.195. The standard InChI is InChI=1S/C15H20N4O/c1-11(2)16-8-12-5-4-6-13(7-12)18-15(20)14-9-19(3)10-17-14/h4-7,9-11,16H,8H2,1-3H3,(H,18,20). The maximum Gasteiger partial charge on any atom is 0.275 e. The molecule has 0 spiro atoms. The van der Waals surface area contributed by atoms with Crippen LogP contribution in [0.4, 0.5) is 5.69 Å². The van der Waals surface area contributed by atoms with E-state index in [1.807, 2.05) is 31.3 Å². The predicted molar refractivity (Wildman–Crippen MR) is 79.6 cm³/mol. The zero-order chi connectivity index (χ0) is 14.5. The van der Waals surface area contributed by atoms with E-state index in [1.165, 1.54) is 0 Å². The van der Waals surface area contributed by atoms with Crippen molar-refractivity contribution in [1.82, 2.24) is 14.9 Å². The van der Waals surface area contributed by atoms with Gasteiger partial charge in [0, 0.05) is 31.5 Å². The van der Waals surface area contributed by atoms with Crippen LogP contribution in [0, 0.1) is 0 Å². The van der Waals surface area contributed by atoms with Gasteiger partial charge in [-0.05, 0) is 17.7 Å². The van der Waals surface area contributed by atoms with Crippen LogP contribution < -0.4 is 10.6 Å². The molecule has 106 valence electrons. The lowest BCUT2D eigenvalue weighted by Crippen LogP contribution is -2.21. The molecule has 0 saturated carbocycles. The molecule has 0 radical (unpaired) electrons. The van der Waals surface area contributed by atoms with Crippen molar-refractivity contribution in [3.63, 3.8) is 0 Å². The molecule has 2 aromatic rings.